The second kappa shape index (κ2) is 5.55. The number of nitrogens with one attached hydrogen (secondary N) is 1. The Hall–Kier alpha value is -1.76. The zero-order valence-electron chi connectivity index (χ0n) is 11.6. The summed E-state index contributed by atoms with van der Waals surface area (Å²) >= 11 is 6.16. The molecule has 2 rings (SSSR count). The molecule has 0 aliphatic rings. The van der Waals surface area contributed by atoms with Gasteiger partial charge < -0.3 is 11.1 Å². The molecule has 0 aliphatic heterocycles. The Balaban J connectivity index is 2.58. The number of rotatable bonds is 3. The monoisotopic (exact) mass is 325 g/mol. The molecule has 0 aromatic heterocycles. The lowest BCUT2D eigenvalue weighted by atomic mass is 10.1. The van der Waals surface area contributed by atoms with Gasteiger partial charge in [-0.2, -0.15) is 0 Å². The molecule has 5 nitrogen and oxygen atoms in total. The summed E-state index contributed by atoms with van der Waals surface area (Å²) in [5, 5.41) is 8.88. The van der Waals surface area contributed by atoms with E-state index in [0.29, 0.717) is 27.6 Å². The Labute approximate surface area is 129 Å². The standard InChI is InChI=1S/C14H16ClN3O2S/c1-8-4-3-5-11(15)14(8)18-12-6-10(16)7-13(9(12)2)21(17,19)20/h3-7,18H,16H2,1-2H3,(H2,17,19,20). The highest BCUT2D eigenvalue weighted by atomic mass is 35.5. The van der Waals surface area contributed by atoms with Crippen LogP contribution in [-0.2, 0) is 10.0 Å². The van der Waals surface area contributed by atoms with Crippen molar-refractivity contribution in [2.75, 3.05) is 11.1 Å². The Kier molecular flexibility index (Phi) is 4.13. The summed E-state index contributed by atoms with van der Waals surface area (Å²) in [5.74, 6) is 0. The van der Waals surface area contributed by atoms with E-state index in [4.69, 9.17) is 22.5 Å². The average molecular weight is 326 g/mol. The number of nitrogens with two attached hydrogens (primary N) is 2. The van der Waals surface area contributed by atoms with Gasteiger partial charge in [0.15, 0.2) is 0 Å². The van der Waals surface area contributed by atoms with Crippen molar-refractivity contribution in [1.29, 1.82) is 0 Å². The molecule has 0 spiro atoms. The summed E-state index contributed by atoms with van der Waals surface area (Å²) in [4.78, 5) is -0.00490. The molecule has 0 unspecified atom stereocenters. The smallest absolute Gasteiger partial charge is 0.238 e. The minimum absolute atomic E-state index is 0.00490. The lowest BCUT2D eigenvalue weighted by molar-refractivity contribution is 0.597. The zero-order valence-corrected chi connectivity index (χ0v) is 13.2. The average Bonchev–Trinajstić information content (AvgIpc) is 2.36. The molecule has 0 saturated heterocycles. The van der Waals surface area contributed by atoms with E-state index in [1.165, 1.54) is 6.07 Å². The second-order valence-electron chi connectivity index (χ2n) is 4.79. The Morgan fingerprint density at radius 1 is 1.19 bits per heavy atom. The zero-order chi connectivity index (χ0) is 15.8. The molecule has 7 heteroatoms. The van der Waals surface area contributed by atoms with Crippen molar-refractivity contribution in [2.45, 2.75) is 18.7 Å². The Bertz CT molecular complexity index is 784. The minimum Gasteiger partial charge on any atom is -0.399 e. The van der Waals surface area contributed by atoms with Crippen LogP contribution >= 0.6 is 11.6 Å². The van der Waals surface area contributed by atoms with Crippen molar-refractivity contribution in [3.63, 3.8) is 0 Å². The SMILES string of the molecule is Cc1cccc(Cl)c1Nc1cc(N)cc(S(N)(=O)=O)c1C. The Morgan fingerprint density at radius 2 is 1.86 bits per heavy atom. The maximum atomic E-state index is 11.6. The van der Waals surface area contributed by atoms with Crippen LogP contribution in [-0.4, -0.2) is 8.42 Å². The first-order chi connectivity index (χ1) is 9.70. The highest BCUT2D eigenvalue weighted by Gasteiger charge is 2.16. The highest BCUT2D eigenvalue weighted by molar-refractivity contribution is 7.89. The lowest BCUT2D eigenvalue weighted by Gasteiger charge is -2.16. The maximum Gasteiger partial charge on any atom is 0.238 e. The first-order valence-corrected chi connectivity index (χ1v) is 8.07. The number of primary sulfonamides is 1. The lowest BCUT2D eigenvalue weighted by Crippen LogP contribution is -2.15. The van der Waals surface area contributed by atoms with E-state index in [9.17, 15) is 8.42 Å². The van der Waals surface area contributed by atoms with Crippen LogP contribution in [0, 0.1) is 13.8 Å². The molecule has 0 saturated carbocycles. The van der Waals surface area contributed by atoms with Gasteiger partial charge in [-0.3, -0.25) is 0 Å². The van der Waals surface area contributed by atoms with Crippen LogP contribution < -0.4 is 16.2 Å². The van der Waals surface area contributed by atoms with Crippen LogP contribution in [0.2, 0.25) is 5.02 Å². The van der Waals surface area contributed by atoms with Gasteiger partial charge in [-0.05, 0) is 43.2 Å². The van der Waals surface area contributed by atoms with Gasteiger partial charge >= 0.3 is 0 Å². The summed E-state index contributed by atoms with van der Waals surface area (Å²) in [6.07, 6.45) is 0. The van der Waals surface area contributed by atoms with Crippen molar-refractivity contribution in [3.8, 4) is 0 Å². The first-order valence-electron chi connectivity index (χ1n) is 6.15. The van der Waals surface area contributed by atoms with Gasteiger partial charge in [-0.25, -0.2) is 13.6 Å². The number of para-hydroxylation sites is 1. The van der Waals surface area contributed by atoms with Gasteiger partial charge in [-0.15, -0.1) is 0 Å². The van der Waals surface area contributed by atoms with Crippen LogP contribution in [0.3, 0.4) is 0 Å². The van der Waals surface area contributed by atoms with E-state index >= 15 is 0 Å². The summed E-state index contributed by atoms with van der Waals surface area (Å²) in [6.45, 7) is 3.56. The number of sulfonamides is 1. The van der Waals surface area contributed by atoms with Gasteiger partial charge in [0.1, 0.15) is 0 Å². The summed E-state index contributed by atoms with van der Waals surface area (Å²) in [6, 6.07) is 8.47. The van der Waals surface area contributed by atoms with Crippen molar-refractivity contribution in [2.24, 2.45) is 5.14 Å². The predicted molar refractivity (Wildman–Crippen MR) is 86.4 cm³/mol. The fourth-order valence-corrected chi connectivity index (χ4v) is 3.17. The third-order valence-corrected chi connectivity index (χ3v) is 4.52. The minimum atomic E-state index is -3.84. The molecule has 0 heterocycles. The van der Waals surface area contributed by atoms with E-state index in [1.54, 1.807) is 19.1 Å². The molecule has 2 aromatic rings. The van der Waals surface area contributed by atoms with Crippen molar-refractivity contribution >= 4 is 38.7 Å². The number of halogens is 1. The summed E-state index contributed by atoms with van der Waals surface area (Å²) in [5.41, 5.74) is 8.74. The predicted octanol–water partition coefficient (Wildman–Crippen LogP) is 2.93. The van der Waals surface area contributed by atoms with Crippen LogP contribution in [0.4, 0.5) is 17.1 Å². The normalized spacial score (nSPS) is 11.4. The molecule has 0 fully saturated rings. The van der Waals surface area contributed by atoms with Crippen LogP contribution in [0.1, 0.15) is 11.1 Å². The number of anilines is 3. The van der Waals surface area contributed by atoms with Crippen molar-refractivity contribution in [3.05, 3.63) is 46.5 Å². The third kappa shape index (κ3) is 3.29. The van der Waals surface area contributed by atoms with Gasteiger partial charge in [0, 0.05) is 11.4 Å². The third-order valence-electron chi connectivity index (χ3n) is 3.17. The van der Waals surface area contributed by atoms with E-state index in [0.717, 1.165) is 5.56 Å². The van der Waals surface area contributed by atoms with E-state index < -0.39 is 10.0 Å². The molecule has 0 amide bonds. The number of hydrogen-bond donors (Lipinski definition) is 3. The van der Waals surface area contributed by atoms with E-state index in [2.05, 4.69) is 5.32 Å². The summed E-state index contributed by atoms with van der Waals surface area (Å²) in [7, 11) is -3.84. The molecule has 0 bridgehead atoms. The van der Waals surface area contributed by atoms with Gasteiger partial charge in [-0.1, -0.05) is 23.7 Å². The molecule has 0 radical (unpaired) electrons. The van der Waals surface area contributed by atoms with Gasteiger partial charge in [0.25, 0.3) is 0 Å². The fourth-order valence-electron chi connectivity index (χ4n) is 2.06. The molecule has 21 heavy (non-hydrogen) atoms. The van der Waals surface area contributed by atoms with Crippen molar-refractivity contribution < 1.29 is 8.42 Å². The van der Waals surface area contributed by atoms with Crippen LogP contribution in [0.25, 0.3) is 0 Å². The maximum absolute atomic E-state index is 11.6. The number of aryl methyl sites for hydroxylation is 1. The van der Waals surface area contributed by atoms with E-state index in [1.807, 2.05) is 19.1 Å². The molecule has 5 N–H and O–H groups in total. The highest BCUT2D eigenvalue weighted by Crippen LogP contribution is 2.33. The molecular weight excluding hydrogens is 310 g/mol. The van der Waals surface area contributed by atoms with Crippen LogP contribution in [0.5, 0.6) is 0 Å². The van der Waals surface area contributed by atoms with E-state index in [-0.39, 0.29) is 4.90 Å². The molecular formula is C14H16ClN3O2S. The number of benzene rings is 2. The first kappa shape index (κ1) is 15.6. The van der Waals surface area contributed by atoms with Gasteiger partial charge in [0.2, 0.25) is 10.0 Å². The Morgan fingerprint density at radius 3 is 2.43 bits per heavy atom. The topological polar surface area (TPSA) is 98.2 Å². The second-order valence-corrected chi connectivity index (χ2v) is 6.73. The van der Waals surface area contributed by atoms with Gasteiger partial charge in [0.05, 0.1) is 15.6 Å². The number of hydrogen-bond acceptors (Lipinski definition) is 4. The molecule has 0 aliphatic carbocycles. The fraction of sp³-hybridized carbons (Fsp3) is 0.143. The molecule has 0 atom stereocenters. The summed E-state index contributed by atoms with van der Waals surface area (Å²) < 4.78 is 23.2. The van der Waals surface area contributed by atoms with Crippen molar-refractivity contribution in [1.82, 2.24) is 0 Å². The largest absolute Gasteiger partial charge is 0.399 e. The molecule has 2 aromatic carbocycles. The van der Waals surface area contributed by atoms with Crippen LogP contribution in [0.15, 0.2) is 35.2 Å². The quantitative estimate of drug-likeness (QED) is 0.755. The number of nitrogen functional groups attached to an aromatic ring is 1. The molecule has 112 valence electrons.